The van der Waals surface area contributed by atoms with E-state index in [1.807, 2.05) is 46.9 Å². The van der Waals surface area contributed by atoms with Gasteiger partial charge < -0.3 is 15.2 Å². The lowest BCUT2D eigenvalue weighted by Crippen LogP contribution is -2.26. The molecule has 0 bridgehead atoms. The molecule has 112 valence electrons. The van der Waals surface area contributed by atoms with Crippen LogP contribution < -0.4 is 10.1 Å². The van der Waals surface area contributed by atoms with Gasteiger partial charge in [0.25, 0.3) is 0 Å². The second kappa shape index (κ2) is 7.95. The van der Waals surface area contributed by atoms with Gasteiger partial charge in [-0.3, -0.25) is 0 Å². The summed E-state index contributed by atoms with van der Waals surface area (Å²) in [4.78, 5) is 0. The van der Waals surface area contributed by atoms with Gasteiger partial charge in [-0.05, 0) is 65.1 Å². The van der Waals surface area contributed by atoms with E-state index in [2.05, 4.69) is 21.2 Å². The lowest BCUT2D eigenvalue weighted by molar-refractivity contribution is 0.117. The van der Waals surface area contributed by atoms with E-state index >= 15 is 0 Å². The Morgan fingerprint density at radius 3 is 2.62 bits per heavy atom. The molecule has 2 aromatic rings. The van der Waals surface area contributed by atoms with Crippen molar-refractivity contribution in [3.8, 4) is 5.75 Å². The van der Waals surface area contributed by atoms with Gasteiger partial charge in [0.15, 0.2) is 0 Å². The third-order valence-electron chi connectivity index (χ3n) is 2.72. The molecule has 0 saturated carbocycles. The van der Waals surface area contributed by atoms with Crippen LogP contribution in [0.15, 0.2) is 46.9 Å². The highest BCUT2D eigenvalue weighted by Gasteiger charge is 2.07. The number of benzene rings is 2. The van der Waals surface area contributed by atoms with Gasteiger partial charge in [-0.15, -0.1) is 0 Å². The fourth-order valence-electron chi connectivity index (χ4n) is 1.64. The first-order chi connectivity index (χ1) is 10.0. The number of nitrogens with one attached hydrogen (secondary N) is 1. The van der Waals surface area contributed by atoms with E-state index < -0.39 is 6.10 Å². The standard InChI is InChI=1S/C15H14BrFINO2/c16-10-1-4-13(5-2-10)21-9-12(20)8-19-15-6-3-11(17)7-14(15)18/h1-7,12,19-20H,8-9H2. The molecule has 2 rings (SSSR count). The molecule has 1 unspecified atom stereocenters. The number of halogens is 3. The molecule has 0 aliphatic carbocycles. The van der Waals surface area contributed by atoms with E-state index in [1.54, 1.807) is 6.07 Å². The first-order valence-electron chi connectivity index (χ1n) is 6.30. The van der Waals surface area contributed by atoms with E-state index in [4.69, 9.17) is 4.74 Å². The van der Waals surface area contributed by atoms with Crippen molar-refractivity contribution >= 4 is 44.2 Å². The maximum Gasteiger partial charge on any atom is 0.124 e. The highest BCUT2D eigenvalue weighted by molar-refractivity contribution is 14.1. The number of aliphatic hydroxyl groups excluding tert-OH is 1. The third-order valence-corrected chi connectivity index (χ3v) is 4.14. The Morgan fingerprint density at radius 1 is 1.24 bits per heavy atom. The number of aliphatic hydroxyl groups is 1. The highest BCUT2D eigenvalue weighted by atomic mass is 127. The SMILES string of the molecule is OC(CNc1ccc(F)cc1I)COc1ccc(Br)cc1. The second-order valence-electron chi connectivity index (χ2n) is 4.42. The molecule has 0 aliphatic heterocycles. The summed E-state index contributed by atoms with van der Waals surface area (Å²) in [6.45, 7) is 0.518. The first kappa shape index (κ1) is 16.5. The number of anilines is 1. The maximum absolute atomic E-state index is 13.0. The van der Waals surface area contributed by atoms with Gasteiger partial charge in [0.05, 0.1) is 0 Å². The second-order valence-corrected chi connectivity index (χ2v) is 6.50. The van der Waals surface area contributed by atoms with Crippen molar-refractivity contribution in [1.29, 1.82) is 0 Å². The lowest BCUT2D eigenvalue weighted by atomic mass is 10.3. The van der Waals surface area contributed by atoms with Crippen LogP contribution in [-0.4, -0.2) is 24.4 Å². The normalized spacial score (nSPS) is 12.0. The summed E-state index contributed by atoms with van der Waals surface area (Å²) in [6, 6.07) is 11.9. The van der Waals surface area contributed by atoms with Crippen molar-refractivity contribution in [1.82, 2.24) is 0 Å². The Hall–Kier alpha value is -0.860. The van der Waals surface area contributed by atoms with Crippen molar-refractivity contribution in [2.24, 2.45) is 0 Å². The molecular formula is C15H14BrFINO2. The fraction of sp³-hybridized carbons (Fsp3) is 0.200. The van der Waals surface area contributed by atoms with Crippen LogP contribution in [0.5, 0.6) is 5.75 Å². The molecule has 0 fully saturated rings. The molecule has 0 saturated heterocycles. The molecule has 0 amide bonds. The quantitative estimate of drug-likeness (QED) is 0.632. The minimum absolute atomic E-state index is 0.187. The topological polar surface area (TPSA) is 41.5 Å². The van der Waals surface area contributed by atoms with Crippen LogP contribution in [0.1, 0.15) is 0 Å². The van der Waals surface area contributed by atoms with E-state index in [0.717, 1.165) is 13.7 Å². The van der Waals surface area contributed by atoms with Crippen LogP contribution in [0.25, 0.3) is 0 Å². The van der Waals surface area contributed by atoms with Crippen LogP contribution in [0.3, 0.4) is 0 Å². The van der Waals surface area contributed by atoms with Crippen LogP contribution >= 0.6 is 38.5 Å². The molecule has 1 atom stereocenters. The Balaban J connectivity index is 1.79. The van der Waals surface area contributed by atoms with Gasteiger partial charge in [0, 0.05) is 20.3 Å². The highest BCUT2D eigenvalue weighted by Crippen LogP contribution is 2.19. The zero-order chi connectivity index (χ0) is 15.2. The van der Waals surface area contributed by atoms with Gasteiger partial charge in [0.1, 0.15) is 24.3 Å². The van der Waals surface area contributed by atoms with Gasteiger partial charge in [0.2, 0.25) is 0 Å². The predicted octanol–water partition coefficient (Wildman–Crippen LogP) is 4.04. The lowest BCUT2D eigenvalue weighted by Gasteiger charge is -2.15. The van der Waals surface area contributed by atoms with Crippen molar-refractivity contribution in [2.75, 3.05) is 18.5 Å². The molecule has 2 N–H and O–H groups in total. The Bertz CT molecular complexity index is 595. The van der Waals surface area contributed by atoms with Crippen molar-refractivity contribution in [3.63, 3.8) is 0 Å². The summed E-state index contributed by atoms with van der Waals surface area (Å²) in [5, 5.41) is 13.0. The van der Waals surface area contributed by atoms with Gasteiger partial charge in [-0.25, -0.2) is 4.39 Å². The largest absolute Gasteiger partial charge is 0.491 e. The predicted molar refractivity (Wildman–Crippen MR) is 93.3 cm³/mol. The smallest absolute Gasteiger partial charge is 0.124 e. The fourth-order valence-corrected chi connectivity index (χ4v) is 2.58. The molecule has 0 spiro atoms. The Morgan fingerprint density at radius 2 is 1.95 bits per heavy atom. The monoisotopic (exact) mass is 465 g/mol. The minimum Gasteiger partial charge on any atom is -0.491 e. The molecule has 21 heavy (non-hydrogen) atoms. The Kier molecular flexibility index (Phi) is 6.25. The average molecular weight is 466 g/mol. The molecule has 6 heteroatoms. The van der Waals surface area contributed by atoms with E-state index in [0.29, 0.717) is 12.3 Å². The number of ether oxygens (including phenoxy) is 1. The van der Waals surface area contributed by atoms with Gasteiger partial charge in [-0.1, -0.05) is 15.9 Å². The van der Waals surface area contributed by atoms with E-state index in [-0.39, 0.29) is 12.4 Å². The van der Waals surface area contributed by atoms with Crippen molar-refractivity contribution < 1.29 is 14.2 Å². The summed E-state index contributed by atoms with van der Waals surface area (Å²) < 4.78 is 20.2. The molecule has 0 aromatic heterocycles. The van der Waals surface area contributed by atoms with Crippen LogP contribution in [0.4, 0.5) is 10.1 Å². The van der Waals surface area contributed by atoms with Crippen LogP contribution in [0, 0.1) is 9.39 Å². The number of hydrogen-bond donors (Lipinski definition) is 2. The zero-order valence-corrected chi connectivity index (χ0v) is 14.8. The number of rotatable bonds is 6. The molecule has 3 nitrogen and oxygen atoms in total. The Labute approximate surface area is 144 Å². The van der Waals surface area contributed by atoms with E-state index in [1.165, 1.54) is 12.1 Å². The zero-order valence-electron chi connectivity index (χ0n) is 11.0. The molecular weight excluding hydrogens is 452 g/mol. The van der Waals surface area contributed by atoms with E-state index in [9.17, 15) is 9.50 Å². The summed E-state index contributed by atoms with van der Waals surface area (Å²) >= 11 is 5.39. The third kappa shape index (κ3) is 5.44. The van der Waals surface area contributed by atoms with Gasteiger partial charge in [-0.2, -0.15) is 0 Å². The number of hydrogen-bond acceptors (Lipinski definition) is 3. The summed E-state index contributed by atoms with van der Waals surface area (Å²) in [5.74, 6) is 0.428. The van der Waals surface area contributed by atoms with Crippen molar-refractivity contribution in [2.45, 2.75) is 6.10 Å². The van der Waals surface area contributed by atoms with Crippen LogP contribution in [0.2, 0.25) is 0 Å². The minimum atomic E-state index is -0.658. The maximum atomic E-state index is 13.0. The molecule has 0 radical (unpaired) electrons. The molecule has 0 heterocycles. The average Bonchev–Trinajstić information content (AvgIpc) is 2.46. The first-order valence-corrected chi connectivity index (χ1v) is 8.17. The summed E-state index contributed by atoms with van der Waals surface area (Å²) in [7, 11) is 0. The molecule has 2 aromatic carbocycles. The van der Waals surface area contributed by atoms with Crippen LogP contribution in [-0.2, 0) is 0 Å². The van der Waals surface area contributed by atoms with Gasteiger partial charge >= 0.3 is 0 Å². The van der Waals surface area contributed by atoms with Crippen molar-refractivity contribution in [3.05, 3.63) is 56.3 Å². The molecule has 0 aliphatic rings. The summed E-state index contributed by atoms with van der Waals surface area (Å²) in [5.41, 5.74) is 0.791. The summed E-state index contributed by atoms with van der Waals surface area (Å²) in [6.07, 6.45) is -0.658.